The quantitative estimate of drug-likeness (QED) is 0.870. The fourth-order valence-corrected chi connectivity index (χ4v) is 2.57. The number of hydrogen-bond donors (Lipinski definition) is 1. The molecule has 0 spiro atoms. The van der Waals surface area contributed by atoms with Crippen molar-refractivity contribution in [3.63, 3.8) is 0 Å². The number of fused-ring (bicyclic) bond motifs is 1. The Balaban J connectivity index is 1.82. The molecule has 1 aliphatic rings. The van der Waals surface area contributed by atoms with Crippen molar-refractivity contribution in [2.24, 2.45) is 0 Å². The Labute approximate surface area is 128 Å². The van der Waals surface area contributed by atoms with E-state index >= 15 is 0 Å². The van der Waals surface area contributed by atoms with E-state index in [2.05, 4.69) is 33.1 Å². The van der Waals surface area contributed by atoms with Crippen molar-refractivity contribution in [1.29, 1.82) is 0 Å². The van der Waals surface area contributed by atoms with Crippen LogP contribution in [-0.4, -0.2) is 29.1 Å². The molecule has 0 amide bonds. The smallest absolute Gasteiger partial charge is 0.343 e. The molecule has 2 N–H and O–H groups in total. The Bertz CT molecular complexity index is 702. The summed E-state index contributed by atoms with van der Waals surface area (Å²) in [4.78, 5) is 22.3. The zero-order valence-electron chi connectivity index (χ0n) is 12.5. The lowest BCUT2D eigenvalue weighted by atomic mass is 10.0. The Morgan fingerprint density at radius 3 is 2.86 bits per heavy atom. The number of nitrogen functional groups attached to an aromatic ring is 1. The fourth-order valence-electron chi connectivity index (χ4n) is 2.57. The van der Waals surface area contributed by atoms with Crippen LogP contribution < -0.4 is 10.6 Å². The van der Waals surface area contributed by atoms with Gasteiger partial charge >= 0.3 is 5.97 Å². The predicted molar refractivity (Wildman–Crippen MR) is 83.6 cm³/mol. The topological polar surface area (TPSA) is 81.3 Å². The van der Waals surface area contributed by atoms with Gasteiger partial charge in [-0.25, -0.2) is 9.78 Å². The third-order valence-electron chi connectivity index (χ3n) is 3.71. The highest BCUT2D eigenvalue weighted by molar-refractivity contribution is 5.93. The van der Waals surface area contributed by atoms with Gasteiger partial charge in [-0.15, -0.1) is 0 Å². The molecule has 0 saturated carbocycles. The molecule has 6 heteroatoms. The summed E-state index contributed by atoms with van der Waals surface area (Å²) >= 11 is 0. The Morgan fingerprint density at radius 2 is 2.14 bits per heavy atom. The van der Waals surface area contributed by atoms with Crippen molar-refractivity contribution in [2.75, 3.05) is 23.8 Å². The predicted octanol–water partition coefficient (Wildman–Crippen LogP) is 1.80. The van der Waals surface area contributed by atoms with E-state index in [1.165, 1.54) is 17.3 Å². The first-order valence-electron chi connectivity index (χ1n) is 7.30. The molecule has 0 radical (unpaired) electrons. The van der Waals surface area contributed by atoms with E-state index in [1.54, 1.807) is 6.92 Å². The molecule has 1 aliphatic heterocycles. The van der Waals surface area contributed by atoms with Crippen LogP contribution in [0, 0.1) is 0 Å². The van der Waals surface area contributed by atoms with Gasteiger partial charge in [0, 0.05) is 19.3 Å². The van der Waals surface area contributed by atoms with Crippen molar-refractivity contribution in [2.45, 2.75) is 19.9 Å². The first-order valence-corrected chi connectivity index (χ1v) is 7.30. The van der Waals surface area contributed by atoms with E-state index in [0.717, 1.165) is 19.5 Å². The van der Waals surface area contributed by atoms with Crippen LogP contribution >= 0.6 is 0 Å². The second kappa shape index (κ2) is 6.01. The standard InChI is InChI=1S/C16H18N4O2/c1-2-22-15(21)13-9-18-16(19-14(13)17)20-8-7-11-5-3-4-6-12(11)10-20/h3-6,9H,2,7-8,10H2,1H3,(H2,17,18,19). The number of nitrogens with two attached hydrogens (primary N) is 1. The Morgan fingerprint density at radius 1 is 1.36 bits per heavy atom. The van der Waals surface area contributed by atoms with Crippen molar-refractivity contribution < 1.29 is 9.53 Å². The molecule has 0 aliphatic carbocycles. The number of carbonyl (C=O) groups excluding carboxylic acids is 1. The van der Waals surface area contributed by atoms with E-state index in [9.17, 15) is 4.79 Å². The molecule has 1 aromatic carbocycles. The molecule has 2 aromatic rings. The molecule has 1 aromatic heterocycles. The fraction of sp³-hybridized carbons (Fsp3) is 0.312. The first kappa shape index (κ1) is 14.3. The van der Waals surface area contributed by atoms with Gasteiger partial charge in [0.05, 0.1) is 6.61 Å². The molecule has 3 rings (SSSR count). The minimum absolute atomic E-state index is 0.155. The molecule has 0 atom stereocenters. The third kappa shape index (κ3) is 2.72. The molecular weight excluding hydrogens is 280 g/mol. The van der Waals surface area contributed by atoms with Gasteiger partial charge in [-0.1, -0.05) is 24.3 Å². The van der Waals surface area contributed by atoms with Gasteiger partial charge in [0.25, 0.3) is 0 Å². The van der Waals surface area contributed by atoms with Crippen LogP contribution in [0.25, 0.3) is 0 Å². The van der Waals surface area contributed by atoms with Crippen molar-refractivity contribution in [1.82, 2.24) is 9.97 Å². The first-order chi connectivity index (χ1) is 10.7. The molecule has 6 nitrogen and oxygen atoms in total. The second-order valence-electron chi connectivity index (χ2n) is 5.13. The van der Waals surface area contributed by atoms with Crippen LogP contribution in [0.2, 0.25) is 0 Å². The van der Waals surface area contributed by atoms with Gasteiger partial charge in [-0.05, 0) is 24.5 Å². The minimum atomic E-state index is -0.490. The summed E-state index contributed by atoms with van der Waals surface area (Å²) in [6, 6.07) is 8.34. The average Bonchev–Trinajstić information content (AvgIpc) is 2.54. The molecule has 0 unspecified atom stereocenters. The summed E-state index contributed by atoms with van der Waals surface area (Å²) in [5.74, 6) is 0.206. The van der Waals surface area contributed by atoms with Crippen LogP contribution in [0.1, 0.15) is 28.4 Å². The van der Waals surface area contributed by atoms with Crippen LogP contribution in [-0.2, 0) is 17.7 Å². The molecular formula is C16H18N4O2. The molecule has 0 saturated heterocycles. The summed E-state index contributed by atoms with van der Waals surface area (Å²) in [6.07, 6.45) is 2.38. The lowest BCUT2D eigenvalue weighted by molar-refractivity contribution is 0.0527. The van der Waals surface area contributed by atoms with Crippen LogP contribution in [0.15, 0.2) is 30.5 Å². The van der Waals surface area contributed by atoms with Crippen molar-refractivity contribution in [3.8, 4) is 0 Å². The number of hydrogen-bond acceptors (Lipinski definition) is 6. The largest absolute Gasteiger partial charge is 0.462 e. The molecule has 0 fully saturated rings. The van der Waals surface area contributed by atoms with Gasteiger partial charge in [0.15, 0.2) is 0 Å². The number of ether oxygens (including phenoxy) is 1. The third-order valence-corrected chi connectivity index (χ3v) is 3.71. The summed E-state index contributed by atoms with van der Waals surface area (Å²) in [5.41, 5.74) is 8.71. The normalized spacial score (nSPS) is 13.6. The lowest BCUT2D eigenvalue weighted by Crippen LogP contribution is -2.32. The highest BCUT2D eigenvalue weighted by Crippen LogP contribution is 2.23. The summed E-state index contributed by atoms with van der Waals surface area (Å²) in [6.45, 7) is 3.61. The van der Waals surface area contributed by atoms with Crippen molar-refractivity contribution >= 4 is 17.7 Å². The van der Waals surface area contributed by atoms with Gasteiger partial charge in [-0.2, -0.15) is 4.98 Å². The van der Waals surface area contributed by atoms with Gasteiger partial charge in [0.1, 0.15) is 11.4 Å². The Hall–Kier alpha value is -2.63. The van der Waals surface area contributed by atoms with Crippen LogP contribution in [0.3, 0.4) is 0 Å². The van der Waals surface area contributed by atoms with Crippen molar-refractivity contribution in [3.05, 3.63) is 47.2 Å². The highest BCUT2D eigenvalue weighted by Gasteiger charge is 2.20. The number of aromatic nitrogens is 2. The van der Waals surface area contributed by atoms with Crippen LogP contribution in [0.5, 0.6) is 0 Å². The second-order valence-corrected chi connectivity index (χ2v) is 5.13. The van der Waals surface area contributed by atoms with Gasteiger partial charge in [0.2, 0.25) is 5.95 Å². The molecule has 22 heavy (non-hydrogen) atoms. The zero-order chi connectivity index (χ0) is 15.5. The van der Waals surface area contributed by atoms with Crippen LogP contribution in [0.4, 0.5) is 11.8 Å². The van der Waals surface area contributed by atoms with Gasteiger partial charge in [-0.3, -0.25) is 0 Å². The van der Waals surface area contributed by atoms with E-state index < -0.39 is 5.97 Å². The van der Waals surface area contributed by atoms with E-state index in [1.807, 2.05) is 6.07 Å². The molecule has 0 bridgehead atoms. The maximum absolute atomic E-state index is 11.7. The van der Waals surface area contributed by atoms with E-state index in [-0.39, 0.29) is 11.4 Å². The number of rotatable bonds is 3. The highest BCUT2D eigenvalue weighted by atomic mass is 16.5. The zero-order valence-corrected chi connectivity index (χ0v) is 12.5. The Kier molecular flexibility index (Phi) is 3.91. The number of benzene rings is 1. The summed E-state index contributed by atoms with van der Waals surface area (Å²) < 4.78 is 4.93. The monoisotopic (exact) mass is 298 g/mol. The SMILES string of the molecule is CCOC(=O)c1cnc(N2CCc3ccccc3C2)nc1N. The van der Waals surface area contributed by atoms with E-state index in [4.69, 9.17) is 10.5 Å². The maximum Gasteiger partial charge on any atom is 0.343 e. The number of nitrogens with zero attached hydrogens (tertiary/aromatic N) is 3. The van der Waals surface area contributed by atoms with Gasteiger partial charge < -0.3 is 15.4 Å². The number of anilines is 2. The minimum Gasteiger partial charge on any atom is -0.462 e. The maximum atomic E-state index is 11.7. The summed E-state index contributed by atoms with van der Waals surface area (Å²) in [5, 5.41) is 0. The molecule has 2 heterocycles. The lowest BCUT2D eigenvalue weighted by Gasteiger charge is -2.28. The summed E-state index contributed by atoms with van der Waals surface area (Å²) in [7, 11) is 0. The average molecular weight is 298 g/mol. The van der Waals surface area contributed by atoms with E-state index in [0.29, 0.717) is 12.6 Å². The molecule has 114 valence electrons. The number of carbonyl (C=O) groups is 1. The number of esters is 1.